The fourth-order valence-electron chi connectivity index (χ4n) is 0. The summed E-state index contributed by atoms with van der Waals surface area (Å²) in [6.45, 7) is 0. The summed E-state index contributed by atoms with van der Waals surface area (Å²) in [5.41, 5.74) is 0. The van der Waals surface area contributed by atoms with Crippen LogP contribution < -0.4 is 0 Å². The number of hydrogen-bond acceptors (Lipinski definition) is 0. The van der Waals surface area contributed by atoms with Gasteiger partial charge in [0.1, 0.15) is 0 Å². The largest absolute Gasteiger partial charge is 2.00 e. The Morgan fingerprint density at radius 3 is 0.750 bits per heavy atom. The first-order valence-corrected chi connectivity index (χ1v) is 0. The summed E-state index contributed by atoms with van der Waals surface area (Å²) < 4.78 is 0. The van der Waals surface area contributed by atoms with Crippen molar-refractivity contribution in [3.8, 4) is 0 Å². The summed E-state index contributed by atoms with van der Waals surface area (Å²) in [5, 5.41) is 0. The number of hydrogen-bond donors (Lipinski definition) is 0. The summed E-state index contributed by atoms with van der Waals surface area (Å²) in [6.07, 6.45) is 0. The van der Waals surface area contributed by atoms with Crippen molar-refractivity contribution in [2.75, 3.05) is 0 Å². The van der Waals surface area contributed by atoms with E-state index in [0.717, 1.165) is 0 Å². The maximum Gasteiger partial charge on any atom is 0 e. The molecule has 0 aliphatic heterocycles. The third-order valence-corrected chi connectivity index (χ3v) is 0. The molecule has 0 amide bonds. The molecule has 0 spiro atoms. The van der Waals surface area contributed by atoms with Crippen LogP contribution in [-0.4, -0.2) is 0 Å². The van der Waals surface area contributed by atoms with Crippen LogP contribution in [-0.2, 0) is 29.5 Å². The predicted octanol–water partition coefficient (Wildman–Crippen LogP) is -0.240. The van der Waals surface area contributed by atoms with Crippen LogP contribution in [0.25, 0.3) is 0 Å². The molecule has 25 valence electrons. The van der Waals surface area contributed by atoms with Crippen molar-refractivity contribution in [2.24, 2.45) is 0 Å². The SMILES string of the molecule is [O-2].[O-2].[U].[V]. The van der Waals surface area contributed by atoms with Gasteiger partial charge in [-0.1, -0.05) is 0 Å². The summed E-state index contributed by atoms with van der Waals surface area (Å²) >= 11 is 0. The van der Waals surface area contributed by atoms with Gasteiger partial charge in [-0.2, -0.15) is 0 Å². The van der Waals surface area contributed by atoms with Gasteiger partial charge in [0, 0.05) is 49.7 Å². The van der Waals surface area contributed by atoms with Gasteiger partial charge in [0.2, 0.25) is 0 Å². The fraction of sp³-hybridized carbons (Fsp3) is 0. The Morgan fingerprint density at radius 1 is 0.750 bits per heavy atom. The molecule has 0 heterocycles. The molecule has 0 aromatic carbocycles. The first kappa shape index (κ1) is 47.6. The first-order valence-electron chi connectivity index (χ1n) is 0. The second kappa shape index (κ2) is 23.8. The minimum atomic E-state index is 0. The first-order chi connectivity index (χ1) is 0. The fourth-order valence-corrected chi connectivity index (χ4v) is 0. The van der Waals surface area contributed by atoms with Crippen molar-refractivity contribution in [1.29, 1.82) is 0 Å². The van der Waals surface area contributed by atoms with Crippen LogP contribution in [0.15, 0.2) is 0 Å². The van der Waals surface area contributed by atoms with E-state index in [9.17, 15) is 0 Å². The van der Waals surface area contributed by atoms with E-state index in [4.69, 9.17) is 0 Å². The second-order valence-electron chi connectivity index (χ2n) is 0. The van der Waals surface area contributed by atoms with E-state index in [1.807, 2.05) is 0 Å². The number of rotatable bonds is 0. The summed E-state index contributed by atoms with van der Waals surface area (Å²) in [5.74, 6) is 0. The van der Waals surface area contributed by atoms with E-state index in [1.54, 1.807) is 0 Å². The quantitative estimate of drug-likeness (QED) is 0.591. The average molecular weight is 321 g/mol. The van der Waals surface area contributed by atoms with Crippen molar-refractivity contribution >= 4 is 0 Å². The third-order valence-electron chi connectivity index (χ3n) is 0. The van der Waals surface area contributed by atoms with Crippen molar-refractivity contribution in [3.63, 3.8) is 0 Å². The van der Waals surface area contributed by atoms with Crippen molar-refractivity contribution in [2.45, 2.75) is 0 Å². The topological polar surface area (TPSA) is 57.0 Å². The van der Waals surface area contributed by atoms with Crippen molar-refractivity contribution in [1.82, 2.24) is 0 Å². The van der Waals surface area contributed by atoms with E-state index < -0.39 is 0 Å². The molecule has 4 heavy (non-hydrogen) atoms. The molecule has 0 aliphatic rings. The van der Waals surface area contributed by atoms with Crippen LogP contribution in [0.2, 0.25) is 0 Å². The van der Waals surface area contributed by atoms with E-state index in [0.29, 0.717) is 0 Å². The standard InChI is InChI=1S/2O.U.V/q2*-2;;. The molecular weight excluding hydrogens is 321 g/mol. The van der Waals surface area contributed by atoms with Crippen LogP contribution in [0.5, 0.6) is 0 Å². The van der Waals surface area contributed by atoms with Gasteiger partial charge < -0.3 is 11.0 Å². The second-order valence-corrected chi connectivity index (χ2v) is 0. The van der Waals surface area contributed by atoms with Gasteiger partial charge in [0.05, 0.1) is 0 Å². The van der Waals surface area contributed by atoms with Crippen LogP contribution in [0.1, 0.15) is 0 Å². The van der Waals surface area contributed by atoms with Gasteiger partial charge >= 0.3 is 0 Å². The van der Waals surface area contributed by atoms with Crippen molar-refractivity contribution in [3.05, 3.63) is 0 Å². The van der Waals surface area contributed by atoms with E-state index in [-0.39, 0.29) is 60.6 Å². The van der Waals surface area contributed by atoms with Crippen LogP contribution in [0, 0.1) is 31.1 Å². The monoisotopic (exact) mass is 321 g/mol. The Kier molecular flexibility index (Phi) is 283. The van der Waals surface area contributed by atoms with Gasteiger partial charge in [0.25, 0.3) is 0 Å². The summed E-state index contributed by atoms with van der Waals surface area (Å²) in [6, 6.07) is 0. The normalized spacial score (nSPS) is 0. The summed E-state index contributed by atoms with van der Waals surface area (Å²) in [4.78, 5) is 0. The minimum absolute atomic E-state index is 0. The Hall–Kier alpha value is 1.56. The van der Waals surface area contributed by atoms with Crippen molar-refractivity contribution < 1.29 is 60.6 Å². The molecule has 0 saturated carbocycles. The van der Waals surface area contributed by atoms with Gasteiger partial charge in [0.15, 0.2) is 0 Å². The van der Waals surface area contributed by atoms with E-state index in [2.05, 4.69) is 0 Å². The Morgan fingerprint density at radius 2 is 0.750 bits per heavy atom. The Labute approximate surface area is 60.2 Å². The Bertz CT molecular complexity index is 6.00. The Balaban J connectivity index is 0. The molecule has 0 N–H and O–H groups in total. The third kappa shape index (κ3) is 9.59. The molecule has 1 radical (unpaired) electrons. The van der Waals surface area contributed by atoms with Gasteiger partial charge in [-0.3, -0.25) is 0 Å². The molecule has 0 fully saturated rings. The van der Waals surface area contributed by atoms with Gasteiger partial charge in [-0.05, 0) is 0 Å². The molecule has 0 bridgehead atoms. The molecule has 0 atom stereocenters. The minimum Gasteiger partial charge on any atom is -2.00 e. The molecule has 2 nitrogen and oxygen atoms in total. The molecule has 0 saturated heterocycles. The molecule has 0 aliphatic carbocycles. The van der Waals surface area contributed by atoms with E-state index in [1.165, 1.54) is 0 Å². The molecule has 0 rings (SSSR count). The maximum atomic E-state index is 0. The molecule has 4 heteroatoms. The molecule has 0 aromatic rings. The molecular formula is O2UV-4. The predicted molar refractivity (Wildman–Crippen MR) is 1.37 cm³/mol. The van der Waals surface area contributed by atoms with Crippen LogP contribution >= 0.6 is 0 Å². The summed E-state index contributed by atoms with van der Waals surface area (Å²) in [7, 11) is 0. The van der Waals surface area contributed by atoms with Gasteiger partial charge in [-0.25, -0.2) is 0 Å². The molecule has 0 unspecified atom stereocenters. The zero-order valence-electron chi connectivity index (χ0n) is 1.76. The van der Waals surface area contributed by atoms with Crippen LogP contribution in [0.4, 0.5) is 0 Å². The zero-order valence-corrected chi connectivity index (χ0v) is 7.32. The van der Waals surface area contributed by atoms with E-state index >= 15 is 0 Å². The van der Waals surface area contributed by atoms with Gasteiger partial charge in [-0.15, -0.1) is 0 Å². The maximum absolute atomic E-state index is 0. The smallest absolute Gasteiger partial charge is 0 e. The van der Waals surface area contributed by atoms with Crippen LogP contribution in [0.3, 0.4) is 0 Å². The molecule has 0 aromatic heterocycles. The zero-order chi connectivity index (χ0) is 0. The average Bonchev–Trinajstić information content (AvgIpc) is 0.